The first-order valence-corrected chi connectivity index (χ1v) is 4.70. The van der Waals surface area contributed by atoms with Crippen LogP contribution in [0.15, 0.2) is 18.2 Å². The Balaban J connectivity index is 3.31. The first-order valence-electron chi connectivity index (χ1n) is 4.70. The third-order valence-electron chi connectivity index (χ3n) is 2.33. The molecule has 8 heteroatoms. The predicted octanol–water partition coefficient (Wildman–Crippen LogP) is 3.45. The Bertz CT molecular complexity index is 421. The smallest absolute Gasteiger partial charge is 0.330 e. The fourth-order valence-corrected chi connectivity index (χ4v) is 1.42. The lowest BCUT2D eigenvalue weighted by Crippen LogP contribution is -2.29. The van der Waals surface area contributed by atoms with Crippen LogP contribution in [0.3, 0.4) is 0 Å². The van der Waals surface area contributed by atoms with Crippen LogP contribution in [0.4, 0.5) is 30.7 Å². The molecular weight excluding hydrogens is 267 g/mol. The van der Waals surface area contributed by atoms with Crippen LogP contribution in [0.5, 0.6) is 0 Å². The highest BCUT2D eigenvalue weighted by atomic mass is 19.4. The summed E-state index contributed by atoms with van der Waals surface area (Å²) in [6, 6.07) is 0.871. The van der Waals surface area contributed by atoms with Crippen molar-refractivity contribution in [2.24, 2.45) is 5.73 Å². The highest BCUT2D eigenvalue weighted by Gasteiger charge is 2.42. The SMILES string of the molecule is NCC(c1cc(C(F)(F)F)ccc1F)C(F)(F)F. The molecule has 1 aromatic carbocycles. The number of alkyl halides is 6. The Morgan fingerprint density at radius 1 is 1.06 bits per heavy atom. The zero-order valence-electron chi connectivity index (χ0n) is 8.74. The van der Waals surface area contributed by atoms with Gasteiger partial charge < -0.3 is 5.73 Å². The number of hydrogen-bond donors (Lipinski definition) is 1. The van der Waals surface area contributed by atoms with E-state index in [-0.39, 0.29) is 6.07 Å². The molecule has 0 saturated carbocycles. The fourth-order valence-electron chi connectivity index (χ4n) is 1.42. The third-order valence-corrected chi connectivity index (χ3v) is 2.33. The minimum atomic E-state index is -4.90. The average molecular weight is 275 g/mol. The molecule has 0 aromatic heterocycles. The van der Waals surface area contributed by atoms with E-state index in [9.17, 15) is 30.7 Å². The van der Waals surface area contributed by atoms with Crippen molar-refractivity contribution in [3.8, 4) is 0 Å². The van der Waals surface area contributed by atoms with Gasteiger partial charge in [0.05, 0.1) is 11.5 Å². The summed E-state index contributed by atoms with van der Waals surface area (Å²) in [5.74, 6) is -3.82. The van der Waals surface area contributed by atoms with Crippen LogP contribution in [0.25, 0.3) is 0 Å². The van der Waals surface area contributed by atoms with Crippen LogP contribution < -0.4 is 5.73 Å². The number of rotatable bonds is 2. The summed E-state index contributed by atoms with van der Waals surface area (Å²) in [5, 5.41) is 0. The first kappa shape index (κ1) is 14.7. The van der Waals surface area contributed by atoms with Gasteiger partial charge in [0.1, 0.15) is 5.82 Å². The maximum Gasteiger partial charge on any atom is 0.416 e. The van der Waals surface area contributed by atoms with Gasteiger partial charge in [-0.15, -0.1) is 0 Å². The molecule has 0 bridgehead atoms. The molecule has 2 N–H and O–H groups in total. The summed E-state index contributed by atoms with van der Waals surface area (Å²) in [6.45, 7) is -1.03. The third kappa shape index (κ3) is 3.12. The summed E-state index contributed by atoms with van der Waals surface area (Å²) >= 11 is 0. The van der Waals surface area contributed by atoms with Crippen molar-refractivity contribution < 1.29 is 30.7 Å². The molecule has 0 aliphatic rings. The Morgan fingerprint density at radius 2 is 1.61 bits per heavy atom. The van der Waals surface area contributed by atoms with E-state index >= 15 is 0 Å². The zero-order chi connectivity index (χ0) is 14.1. The van der Waals surface area contributed by atoms with E-state index in [0.29, 0.717) is 12.1 Å². The van der Waals surface area contributed by atoms with Gasteiger partial charge in [0.15, 0.2) is 0 Å². The van der Waals surface area contributed by atoms with Gasteiger partial charge >= 0.3 is 12.4 Å². The van der Waals surface area contributed by atoms with Gasteiger partial charge in [0, 0.05) is 12.1 Å². The molecule has 102 valence electrons. The molecule has 0 amide bonds. The molecule has 1 atom stereocenters. The molecule has 0 aliphatic heterocycles. The van der Waals surface area contributed by atoms with Crippen LogP contribution in [-0.4, -0.2) is 12.7 Å². The Morgan fingerprint density at radius 3 is 2.00 bits per heavy atom. The molecule has 0 heterocycles. The lowest BCUT2D eigenvalue weighted by atomic mass is 9.96. The van der Waals surface area contributed by atoms with Crippen LogP contribution in [-0.2, 0) is 6.18 Å². The molecule has 1 aromatic rings. The van der Waals surface area contributed by atoms with Gasteiger partial charge in [-0.05, 0) is 18.2 Å². The van der Waals surface area contributed by atoms with E-state index in [1.165, 1.54) is 0 Å². The molecule has 1 nitrogen and oxygen atoms in total. The topological polar surface area (TPSA) is 26.0 Å². The van der Waals surface area contributed by atoms with Crippen LogP contribution in [0.2, 0.25) is 0 Å². The van der Waals surface area contributed by atoms with Gasteiger partial charge in [-0.3, -0.25) is 0 Å². The molecular formula is C10H8F7N. The van der Waals surface area contributed by atoms with E-state index in [0.717, 1.165) is 0 Å². The summed E-state index contributed by atoms with van der Waals surface area (Å²) < 4.78 is 87.6. The van der Waals surface area contributed by atoms with Gasteiger partial charge in [0.25, 0.3) is 0 Å². The van der Waals surface area contributed by atoms with E-state index in [4.69, 9.17) is 5.73 Å². The van der Waals surface area contributed by atoms with Crippen molar-refractivity contribution >= 4 is 0 Å². The maximum atomic E-state index is 13.2. The number of benzene rings is 1. The Labute approximate surface area is 97.4 Å². The molecule has 1 rings (SSSR count). The highest BCUT2D eigenvalue weighted by molar-refractivity contribution is 5.31. The monoisotopic (exact) mass is 275 g/mol. The lowest BCUT2D eigenvalue weighted by Gasteiger charge is -2.20. The lowest BCUT2D eigenvalue weighted by molar-refractivity contribution is -0.149. The second-order valence-corrected chi connectivity index (χ2v) is 3.56. The molecule has 0 radical (unpaired) electrons. The summed E-state index contributed by atoms with van der Waals surface area (Å²) in [5.41, 5.74) is 2.41. The largest absolute Gasteiger partial charge is 0.416 e. The minimum Gasteiger partial charge on any atom is -0.330 e. The summed E-state index contributed by atoms with van der Waals surface area (Å²) in [6.07, 6.45) is -9.74. The fraction of sp³-hybridized carbons (Fsp3) is 0.400. The number of nitrogens with two attached hydrogens (primary N) is 1. The predicted molar refractivity (Wildman–Crippen MR) is 49.3 cm³/mol. The van der Waals surface area contributed by atoms with Crippen molar-refractivity contribution in [3.63, 3.8) is 0 Å². The standard InChI is InChI=1S/C10H8F7N/c11-8-2-1-5(9(12,13)14)3-6(8)7(4-18)10(15,16)17/h1-3,7H,4,18H2. The first-order chi connectivity index (χ1) is 8.07. The molecule has 0 spiro atoms. The second kappa shape index (κ2) is 4.75. The van der Waals surface area contributed by atoms with E-state index in [2.05, 4.69) is 0 Å². The quantitative estimate of drug-likeness (QED) is 0.822. The maximum absolute atomic E-state index is 13.2. The van der Waals surface area contributed by atoms with Crippen molar-refractivity contribution in [2.75, 3.05) is 6.54 Å². The normalized spacial score (nSPS) is 14.7. The van der Waals surface area contributed by atoms with Gasteiger partial charge in [-0.2, -0.15) is 26.3 Å². The number of hydrogen-bond acceptors (Lipinski definition) is 1. The van der Waals surface area contributed by atoms with E-state index < -0.39 is 41.8 Å². The van der Waals surface area contributed by atoms with Crippen molar-refractivity contribution in [2.45, 2.75) is 18.3 Å². The van der Waals surface area contributed by atoms with Gasteiger partial charge in [-0.1, -0.05) is 0 Å². The average Bonchev–Trinajstić information content (AvgIpc) is 2.18. The van der Waals surface area contributed by atoms with Crippen LogP contribution in [0.1, 0.15) is 17.0 Å². The molecule has 1 unspecified atom stereocenters. The Kier molecular flexibility index (Phi) is 3.89. The van der Waals surface area contributed by atoms with Crippen molar-refractivity contribution in [1.82, 2.24) is 0 Å². The molecule has 0 aliphatic carbocycles. The van der Waals surface area contributed by atoms with E-state index in [1.54, 1.807) is 0 Å². The van der Waals surface area contributed by atoms with Crippen LogP contribution >= 0.6 is 0 Å². The summed E-state index contributed by atoms with van der Waals surface area (Å²) in [4.78, 5) is 0. The zero-order valence-corrected chi connectivity index (χ0v) is 8.74. The van der Waals surface area contributed by atoms with Gasteiger partial charge in [-0.25, -0.2) is 4.39 Å². The van der Waals surface area contributed by atoms with Gasteiger partial charge in [0.2, 0.25) is 0 Å². The Hall–Kier alpha value is -1.31. The molecule has 18 heavy (non-hydrogen) atoms. The second-order valence-electron chi connectivity index (χ2n) is 3.56. The number of halogens is 7. The summed E-state index contributed by atoms with van der Waals surface area (Å²) in [7, 11) is 0. The van der Waals surface area contributed by atoms with Crippen molar-refractivity contribution in [1.29, 1.82) is 0 Å². The minimum absolute atomic E-state index is 0.139. The molecule has 0 fully saturated rings. The van der Waals surface area contributed by atoms with E-state index in [1.807, 2.05) is 0 Å². The van der Waals surface area contributed by atoms with Crippen LogP contribution in [0, 0.1) is 5.82 Å². The highest BCUT2D eigenvalue weighted by Crippen LogP contribution is 2.38. The van der Waals surface area contributed by atoms with Crippen molar-refractivity contribution in [3.05, 3.63) is 35.1 Å². The molecule has 0 saturated heterocycles.